The maximum Gasteiger partial charge on any atom is 0.349 e. The number of carbonyl (C=O) groups excluding carboxylic acids is 1. The van der Waals surface area contributed by atoms with Gasteiger partial charge in [-0.3, -0.25) is 4.79 Å². The summed E-state index contributed by atoms with van der Waals surface area (Å²) in [5.74, 6) is -0.160. The average molecular weight is 376 g/mol. The van der Waals surface area contributed by atoms with E-state index >= 15 is 0 Å². The molecule has 6 heteroatoms. The summed E-state index contributed by atoms with van der Waals surface area (Å²) in [6.07, 6.45) is 0. The van der Waals surface area contributed by atoms with Crippen molar-refractivity contribution in [3.63, 3.8) is 0 Å². The van der Waals surface area contributed by atoms with Gasteiger partial charge in [-0.05, 0) is 35.7 Å². The van der Waals surface area contributed by atoms with E-state index in [1.807, 2.05) is 20.8 Å². The number of nitriles is 1. The van der Waals surface area contributed by atoms with Crippen molar-refractivity contribution in [2.45, 2.75) is 20.8 Å². The van der Waals surface area contributed by atoms with Crippen LogP contribution in [0.25, 0.3) is 11.0 Å². The summed E-state index contributed by atoms with van der Waals surface area (Å²) in [6.45, 7) is 6.54. The van der Waals surface area contributed by atoms with Gasteiger partial charge in [-0.2, -0.15) is 5.26 Å². The molecule has 28 heavy (non-hydrogen) atoms. The van der Waals surface area contributed by atoms with E-state index in [4.69, 9.17) is 9.15 Å². The zero-order chi connectivity index (χ0) is 20.3. The van der Waals surface area contributed by atoms with Gasteiger partial charge >= 0.3 is 5.63 Å². The monoisotopic (exact) mass is 376 g/mol. The summed E-state index contributed by atoms with van der Waals surface area (Å²) in [5, 5.41) is 12.7. The maximum atomic E-state index is 12.5. The molecule has 0 unspecified atom stereocenters. The van der Waals surface area contributed by atoms with E-state index in [0.717, 1.165) is 0 Å². The van der Waals surface area contributed by atoms with E-state index in [-0.39, 0.29) is 11.0 Å². The predicted molar refractivity (Wildman–Crippen MR) is 107 cm³/mol. The van der Waals surface area contributed by atoms with Crippen LogP contribution in [0.1, 0.15) is 36.7 Å². The van der Waals surface area contributed by atoms with Crippen molar-refractivity contribution in [3.05, 3.63) is 70.1 Å². The van der Waals surface area contributed by atoms with E-state index in [2.05, 4.69) is 11.4 Å². The number of hydrogen-bond acceptors (Lipinski definition) is 5. The van der Waals surface area contributed by atoms with E-state index in [9.17, 15) is 14.9 Å². The minimum Gasteiger partial charge on any atom is -0.492 e. The summed E-state index contributed by atoms with van der Waals surface area (Å²) in [7, 11) is 0. The third-order valence-electron chi connectivity index (χ3n) is 3.90. The Morgan fingerprint density at radius 1 is 1.18 bits per heavy atom. The second kappa shape index (κ2) is 7.57. The van der Waals surface area contributed by atoms with Crippen LogP contribution in [0.2, 0.25) is 0 Å². The summed E-state index contributed by atoms with van der Waals surface area (Å²) in [4.78, 5) is 24.7. The van der Waals surface area contributed by atoms with Crippen LogP contribution in [-0.4, -0.2) is 12.5 Å². The molecule has 1 heterocycles. The number of carbonyl (C=O) groups is 1. The number of para-hydroxylation sites is 1. The lowest BCUT2D eigenvalue weighted by molar-refractivity contribution is 0.102. The zero-order valence-electron chi connectivity index (χ0n) is 15.9. The lowest BCUT2D eigenvalue weighted by Gasteiger charge is -2.19. The molecule has 0 fully saturated rings. The Labute approximate surface area is 162 Å². The summed E-state index contributed by atoms with van der Waals surface area (Å²) in [5.41, 5.74) is 0.220. The quantitative estimate of drug-likeness (QED) is 0.684. The van der Waals surface area contributed by atoms with Crippen LogP contribution in [0.5, 0.6) is 5.75 Å². The van der Waals surface area contributed by atoms with Gasteiger partial charge in [0.05, 0.1) is 12.2 Å². The smallest absolute Gasteiger partial charge is 0.349 e. The fourth-order valence-electron chi connectivity index (χ4n) is 2.53. The molecule has 0 spiro atoms. The van der Waals surface area contributed by atoms with E-state index in [0.29, 0.717) is 34.6 Å². The summed E-state index contributed by atoms with van der Waals surface area (Å²) < 4.78 is 10.9. The molecular weight excluding hydrogens is 356 g/mol. The third kappa shape index (κ3) is 4.38. The van der Waals surface area contributed by atoms with Gasteiger partial charge in [0.2, 0.25) is 0 Å². The highest BCUT2D eigenvalue weighted by Crippen LogP contribution is 2.25. The van der Waals surface area contributed by atoms with E-state index < -0.39 is 11.5 Å². The fourth-order valence-corrected chi connectivity index (χ4v) is 2.53. The number of ether oxygens (including phenoxy) is 1. The Bertz CT molecular complexity index is 1130. The Morgan fingerprint density at radius 3 is 2.64 bits per heavy atom. The second-order valence-corrected chi connectivity index (χ2v) is 7.61. The first kappa shape index (κ1) is 19.2. The molecule has 3 aromatic rings. The predicted octanol–water partition coefficient (Wildman–Crippen LogP) is 4.34. The number of anilines is 1. The Hall–Kier alpha value is -3.59. The van der Waals surface area contributed by atoms with Crippen molar-refractivity contribution in [1.82, 2.24) is 0 Å². The van der Waals surface area contributed by atoms with Crippen LogP contribution in [-0.2, 0) is 0 Å². The first-order chi connectivity index (χ1) is 13.3. The fraction of sp³-hybridized carbons (Fsp3) is 0.227. The highest BCUT2D eigenvalue weighted by molar-refractivity contribution is 6.05. The largest absolute Gasteiger partial charge is 0.492 e. The Morgan fingerprint density at radius 2 is 1.93 bits per heavy atom. The molecule has 0 radical (unpaired) electrons. The number of benzene rings is 2. The van der Waals surface area contributed by atoms with Crippen molar-refractivity contribution in [2.75, 3.05) is 11.9 Å². The molecule has 0 atom stereocenters. The lowest BCUT2D eigenvalue weighted by Crippen LogP contribution is -2.21. The van der Waals surface area contributed by atoms with Gasteiger partial charge in [0.1, 0.15) is 23.0 Å². The molecule has 0 aliphatic carbocycles. The molecule has 0 saturated heterocycles. The molecular formula is C22H20N2O4. The highest BCUT2D eigenvalue weighted by atomic mass is 16.5. The molecule has 3 rings (SSSR count). The van der Waals surface area contributed by atoms with Crippen molar-refractivity contribution in [1.29, 1.82) is 5.26 Å². The molecule has 142 valence electrons. The number of amides is 1. The highest BCUT2D eigenvalue weighted by Gasteiger charge is 2.16. The van der Waals surface area contributed by atoms with E-state index in [1.165, 1.54) is 12.1 Å². The number of hydrogen-bond donors (Lipinski definition) is 1. The van der Waals surface area contributed by atoms with Crippen molar-refractivity contribution >= 4 is 22.6 Å². The normalized spacial score (nSPS) is 11.1. The molecule has 1 amide bonds. The molecule has 0 bridgehead atoms. The molecule has 2 aromatic carbocycles. The van der Waals surface area contributed by atoms with Gasteiger partial charge in [-0.1, -0.05) is 39.0 Å². The number of fused-ring (bicyclic) bond motifs is 1. The van der Waals surface area contributed by atoms with Crippen LogP contribution in [0.4, 0.5) is 5.69 Å². The molecule has 1 N–H and O–H groups in total. The average Bonchev–Trinajstić information content (AvgIpc) is 2.65. The van der Waals surface area contributed by atoms with Crippen LogP contribution in [0, 0.1) is 16.7 Å². The van der Waals surface area contributed by atoms with E-state index in [1.54, 1.807) is 36.4 Å². The first-order valence-electron chi connectivity index (χ1n) is 8.78. The zero-order valence-corrected chi connectivity index (χ0v) is 15.9. The standard InChI is InChI=1S/C22H20N2O4/c1-22(2,3)13-27-18-9-8-16(10-15(18)12-23)24-20(25)17-11-14-6-4-5-7-19(14)28-21(17)26/h4-11H,13H2,1-3H3,(H,24,25). The third-order valence-corrected chi connectivity index (χ3v) is 3.90. The van der Waals surface area contributed by atoms with Crippen molar-refractivity contribution < 1.29 is 13.9 Å². The van der Waals surface area contributed by atoms with Gasteiger partial charge < -0.3 is 14.5 Å². The molecule has 1 aromatic heterocycles. The second-order valence-electron chi connectivity index (χ2n) is 7.61. The van der Waals surface area contributed by atoms with Gasteiger partial charge in [0.15, 0.2) is 0 Å². The molecule has 0 saturated carbocycles. The van der Waals surface area contributed by atoms with Crippen LogP contribution >= 0.6 is 0 Å². The van der Waals surface area contributed by atoms with Gasteiger partial charge in [-0.25, -0.2) is 4.79 Å². The molecule has 0 aliphatic heterocycles. The van der Waals surface area contributed by atoms with Crippen molar-refractivity contribution in [2.24, 2.45) is 5.41 Å². The van der Waals surface area contributed by atoms with Gasteiger partial charge in [-0.15, -0.1) is 0 Å². The first-order valence-corrected chi connectivity index (χ1v) is 8.78. The number of nitrogens with zero attached hydrogens (tertiary/aromatic N) is 1. The van der Waals surface area contributed by atoms with Gasteiger partial charge in [0, 0.05) is 11.1 Å². The Balaban J connectivity index is 1.84. The SMILES string of the molecule is CC(C)(C)COc1ccc(NC(=O)c2cc3ccccc3oc2=O)cc1C#N. The van der Waals surface area contributed by atoms with Crippen LogP contribution in [0.3, 0.4) is 0 Å². The molecule has 6 nitrogen and oxygen atoms in total. The van der Waals surface area contributed by atoms with Gasteiger partial charge in [0.25, 0.3) is 5.91 Å². The number of rotatable bonds is 4. The number of nitrogens with one attached hydrogen (secondary N) is 1. The summed E-state index contributed by atoms with van der Waals surface area (Å²) in [6, 6.07) is 15.3. The Kier molecular flexibility index (Phi) is 5.18. The van der Waals surface area contributed by atoms with Crippen LogP contribution in [0.15, 0.2) is 57.7 Å². The maximum absolute atomic E-state index is 12.5. The lowest BCUT2D eigenvalue weighted by atomic mass is 9.98. The topological polar surface area (TPSA) is 92.3 Å². The van der Waals surface area contributed by atoms with Crippen molar-refractivity contribution in [3.8, 4) is 11.8 Å². The van der Waals surface area contributed by atoms with Crippen LogP contribution < -0.4 is 15.7 Å². The minimum atomic E-state index is -0.721. The minimum absolute atomic E-state index is 0.0519. The summed E-state index contributed by atoms with van der Waals surface area (Å²) >= 11 is 0. The molecule has 0 aliphatic rings.